The van der Waals surface area contributed by atoms with E-state index in [1.807, 2.05) is 0 Å². The molecule has 0 saturated carbocycles. The molecule has 0 fully saturated rings. The van der Waals surface area contributed by atoms with Crippen molar-refractivity contribution in [2.45, 2.75) is 19.8 Å². The number of carboxylic acids is 1. The summed E-state index contributed by atoms with van der Waals surface area (Å²) in [6.07, 6.45) is 0.572. The monoisotopic (exact) mass is 322 g/mol. The summed E-state index contributed by atoms with van der Waals surface area (Å²) in [6, 6.07) is 0.634. The summed E-state index contributed by atoms with van der Waals surface area (Å²) < 4.78 is 23.6. The molecule has 1 heterocycles. The predicted octanol–water partition coefficient (Wildman–Crippen LogP) is 3.46. The zero-order valence-electron chi connectivity index (χ0n) is 14.6. The Morgan fingerprint density at radius 1 is 1.36 bits per heavy atom. The average molecular weight is 323 g/mol. The molecule has 0 aliphatic heterocycles. The van der Waals surface area contributed by atoms with Crippen molar-refractivity contribution in [3.05, 3.63) is 46.7 Å². The first kappa shape index (κ1) is 12.2. The van der Waals surface area contributed by atoms with Crippen LogP contribution in [-0.2, 0) is 4.79 Å². The van der Waals surface area contributed by atoms with Gasteiger partial charge in [-0.25, -0.2) is 4.98 Å². The first-order chi connectivity index (χ1) is 11.6. The lowest BCUT2D eigenvalue weighted by Crippen LogP contribution is -2.06. The third kappa shape index (κ3) is 3.62. The molecule has 1 aromatic carbocycles. The van der Waals surface area contributed by atoms with Crippen molar-refractivity contribution in [1.82, 2.24) is 4.98 Å². The minimum absolute atomic E-state index is 0.142. The molecule has 0 unspecified atom stereocenters. The number of carbonyl (C=O) groups excluding carboxylic acids is 1. The highest BCUT2D eigenvalue weighted by atomic mass is 35.5. The van der Waals surface area contributed by atoms with E-state index >= 15 is 0 Å². The lowest BCUT2D eigenvalue weighted by atomic mass is 10.0. The van der Waals surface area contributed by atoms with Gasteiger partial charge in [0.05, 0.1) is 10.5 Å². The second-order valence-corrected chi connectivity index (χ2v) is 4.98. The summed E-state index contributed by atoms with van der Waals surface area (Å²) in [5.74, 6) is -2.20. The van der Waals surface area contributed by atoms with Crippen LogP contribution in [0.2, 0.25) is 5.02 Å². The molecule has 0 amide bonds. The minimum Gasteiger partial charge on any atom is -0.506 e. The Kier molecular flexibility index (Phi) is 3.64. The Morgan fingerprint density at radius 3 is 2.73 bits per heavy atom. The van der Waals surface area contributed by atoms with E-state index in [9.17, 15) is 14.7 Å². The average Bonchev–Trinajstić information content (AvgIpc) is 2.56. The first-order valence-corrected chi connectivity index (χ1v) is 6.73. The quantitative estimate of drug-likeness (QED) is 0.823. The molecule has 1 aromatic heterocycles. The number of halogens is 1. The molecule has 2 aromatic rings. The van der Waals surface area contributed by atoms with E-state index in [1.54, 1.807) is 6.92 Å². The van der Waals surface area contributed by atoms with Crippen LogP contribution in [0, 0.1) is 6.92 Å². The molecule has 0 spiro atoms. The van der Waals surface area contributed by atoms with Crippen molar-refractivity contribution in [3.8, 4) is 16.9 Å². The van der Waals surface area contributed by atoms with E-state index in [-0.39, 0.29) is 52.8 Å². The number of benzene rings is 1. The SMILES string of the molecule is [2H]c1c([2H])c(Cl)c([2H])c(-c2cnc(C(=O)CCC(=O)O)c(O)c2)c1C. The molecule has 0 radical (unpaired) electrons. The van der Waals surface area contributed by atoms with Gasteiger partial charge in [-0.1, -0.05) is 17.6 Å². The molecule has 0 aliphatic carbocycles. The van der Waals surface area contributed by atoms with Crippen LogP contribution in [0.5, 0.6) is 5.75 Å². The normalized spacial score (nSPS) is 12.4. The highest BCUT2D eigenvalue weighted by Crippen LogP contribution is 2.29. The third-order valence-electron chi connectivity index (χ3n) is 2.96. The number of aromatic hydroxyl groups is 1. The van der Waals surface area contributed by atoms with Gasteiger partial charge < -0.3 is 10.2 Å². The van der Waals surface area contributed by atoms with E-state index < -0.39 is 17.5 Å². The topological polar surface area (TPSA) is 87.5 Å². The van der Waals surface area contributed by atoms with Crippen molar-refractivity contribution >= 4 is 23.4 Å². The molecule has 5 nitrogen and oxygen atoms in total. The lowest BCUT2D eigenvalue weighted by Gasteiger charge is -2.09. The fourth-order valence-corrected chi connectivity index (χ4v) is 2.02. The Hall–Kier alpha value is -2.40. The van der Waals surface area contributed by atoms with E-state index in [0.717, 1.165) is 0 Å². The Labute approximate surface area is 136 Å². The van der Waals surface area contributed by atoms with Crippen molar-refractivity contribution < 1.29 is 23.9 Å². The molecule has 2 N–H and O–H groups in total. The van der Waals surface area contributed by atoms with Crippen LogP contribution in [0.4, 0.5) is 0 Å². The van der Waals surface area contributed by atoms with Gasteiger partial charge in [0.15, 0.2) is 5.78 Å². The molecule has 0 saturated heterocycles. The van der Waals surface area contributed by atoms with Crippen LogP contribution in [-0.4, -0.2) is 26.9 Å². The van der Waals surface area contributed by atoms with E-state index in [2.05, 4.69) is 4.98 Å². The van der Waals surface area contributed by atoms with Crippen LogP contribution in [0.25, 0.3) is 11.1 Å². The summed E-state index contributed by atoms with van der Waals surface area (Å²) in [5, 5.41) is 18.5. The van der Waals surface area contributed by atoms with E-state index in [0.29, 0.717) is 5.56 Å². The van der Waals surface area contributed by atoms with Crippen LogP contribution in [0.3, 0.4) is 0 Å². The highest BCUT2D eigenvalue weighted by Gasteiger charge is 2.16. The molecule has 114 valence electrons. The number of aliphatic carboxylic acids is 1. The second kappa shape index (κ2) is 6.58. The third-order valence-corrected chi connectivity index (χ3v) is 3.14. The highest BCUT2D eigenvalue weighted by molar-refractivity contribution is 6.30. The number of carboxylic acid groups (broad SMARTS) is 1. The maximum absolute atomic E-state index is 11.9. The molecular formula is C16H14ClNO4. The maximum Gasteiger partial charge on any atom is 0.303 e. The van der Waals surface area contributed by atoms with Gasteiger partial charge in [-0.2, -0.15) is 0 Å². The number of hydrogen-bond acceptors (Lipinski definition) is 4. The Balaban J connectivity index is 2.49. The zero-order chi connectivity index (χ0) is 18.9. The van der Waals surface area contributed by atoms with Crippen molar-refractivity contribution in [2.75, 3.05) is 0 Å². The summed E-state index contributed by atoms with van der Waals surface area (Å²) in [5.41, 5.74) is 0.567. The maximum atomic E-state index is 11.9. The summed E-state index contributed by atoms with van der Waals surface area (Å²) in [6.45, 7) is 1.55. The molecular weight excluding hydrogens is 306 g/mol. The first-order valence-electron chi connectivity index (χ1n) is 7.85. The smallest absolute Gasteiger partial charge is 0.303 e. The molecule has 0 bridgehead atoms. The zero-order valence-corrected chi connectivity index (χ0v) is 12.4. The van der Waals surface area contributed by atoms with Crippen LogP contribution in [0.1, 0.15) is 33.0 Å². The lowest BCUT2D eigenvalue weighted by molar-refractivity contribution is -0.136. The van der Waals surface area contributed by atoms with Gasteiger partial charge in [0.1, 0.15) is 11.4 Å². The summed E-state index contributed by atoms with van der Waals surface area (Å²) in [7, 11) is 0. The summed E-state index contributed by atoms with van der Waals surface area (Å²) in [4.78, 5) is 26.3. The largest absolute Gasteiger partial charge is 0.506 e. The Morgan fingerprint density at radius 2 is 2.09 bits per heavy atom. The van der Waals surface area contributed by atoms with Crippen molar-refractivity contribution in [2.24, 2.45) is 0 Å². The van der Waals surface area contributed by atoms with Crippen molar-refractivity contribution in [1.29, 1.82) is 0 Å². The molecule has 2 rings (SSSR count). The van der Waals surface area contributed by atoms with E-state index in [1.165, 1.54) is 12.3 Å². The number of aromatic nitrogens is 1. The molecule has 6 heteroatoms. The van der Waals surface area contributed by atoms with Crippen molar-refractivity contribution in [3.63, 3.8) is 0 Å². The number of pyridine rings is 1. The number of ketones is 1. The van der Waals surface area contributed by atoms with Gasteiger partial charge in [-0.05, 0) is 36.2 Å². The molecule has 0 atom stereocenters. The van der Waals surface area contributed by atoms with Crippen LogP contribution < -0.4 is 0 Å². The van der Waals surface area contributed by atoms with Gasteiger partial charge in [0, 0.05) is 23.2 Å². The number of nitrogens with zero attached hydrogens (tertiary/aromatic N) is 1. The minimum atomic E-state index is -1.13. The fourth-order valence-electron chi connectivity index (χ4n) is 1.88. The van der Waals surface area contributed by atoms with Gasteiger partial charge >= 0.3 is 5.97 Å². The van der Waals surface area contributed by atoms with Gasteiger partial charge in [-0.3, -0.25) is 9.59 Å². The van der Waals surface area contributed by atoms with Gasteiger partial charge in [-0.15, -0.1) is 0 Å². The molecule has 0 aliphatic rings. The number of rotatable bonds is 5. The number of Topliss-reactive ketones (excluding diaryl/α,β-unsaturated/α-hetero) is 1. The number of hydrogen-bond donors (Lipinski definition) is 2. The molecule has 22 heavy (non-hydrogen) atoms. The van der Waals surface area contributed by atoms with Crippen LogP contribution in [0.15, 0.2) is 30.4 Å². The van der Waals surface area contributed by atoms with Gasteiger partial charge in [0.25, 0.3) is 0 Å². The second-order valence-electron chi connectivity index (χ2n) is 4.60. The fraction of sp³-hybridized carbons (Fsp3) is 0.188. The summed E-state index contributed by atoms with van der Waals surface area (Å²) >= 11 is 5.91. The predicted molar refractivity (Wildman–Crippen MR) is 82.3 cm³/mol. The van der Waals surface area contributed by atoms with Crippen LogP contribution >= 0.6 is 11.6 Å². The standard InChI is InChI=1S/C16H14ClNO4/c1-9-2-3-11(17)7-12(9)10-6-14(20)16(18-8-10)13(19)4-5-15(21)22/h2-3,6-8,20H,4-5H2,1H3,(H,21,22)/i2D,3D,7D. The van der Waals surface area contributed by atoms with Gasteiger partial charge in [0.2, 0.25) is 0 Å². The Bertz CT molecular complexity index is 857. The number of carbonyl (C=O) groups is 2. The van der Waals surface area contributed by atoms with E-state index in [4.69, 9.17) is 20.8 Å².